The number of H-pyrrole nitrogens is 1. The molecule has 0 spiro atoms. The molecule has 2 aromatic heterocycles. The number of aromatic amines is 1. The van der Waals surface area contributed by atoms with E-state index in [1.54, 1.807) is 11.0 Å². The topological polar surface area (TPSA) is 80.3 Å². The number of fused-ring (bicyclic) bond motifs is 3. The fourth-order valence-electron chi connectivity index (χ4n) is 3.28. The van der Waals surface area contributed by atoms with E-state index in [9.17, 15) is 4.79 Å². The first-order valence-electron chi connectivity index (χ1n) is 10.2. The van der Waals surface area contributed by atoms with Gasteiger partial charge in [0.15, 0.2) is 5.75 Å². The van der Waals surface area contributed by atoms with Crippen LogP contribution in [0.5, 0.6) is 11.6 Å². The molecule has 0 atom stereocenters. The fraction of sp³-hybridized carbons (Fsp3) is 0.409. The summed E-state index contributed by atoms with van der Waals surface area (Å²) >= 11 is 12.4. The van der Waals surface area contributed by atoms with Crippen molar-refractivity contribution in [1.29, 1.82) is 0 Å². The average molecular weight is 467 g/mol. The van der Waals surface area contributed by atoms with E-state index >= 15 is 0 Å². The fourth-order valence-corrected chi connectivity index (χ4v) is 3.65. The number of rotatable bonds is 3. The Bertz CT molecular complexity index is 1050. The number of aromatic nitrogens is 3. The molecule has 0 saturated carbocycles. The summed E-state index contributed by atoms with van der Waals surface area (Å²) in [6.45, 7) is 8.98. The monoisotopic (exact) mass is 466 g/mol. The van der Waals surface area contributed by atoms with Gasteiger partial charge in [-0.1, -0.05) is 57.0 Å². The number of nitrogens with zero attached hydrogens (tertiary/aromatic N) is 3. The van der Waals surface area contributed by atoms with Gasteiger partial charge in [-0.05, 0) is 6.07 Å². The summed E-state index contributed by atoms with van der Waals surface area (Å²) in [5.41, 5.74) is 2.89. The van der Waals surface area contributed by atoms with Gasteiger partial charge in [-0.25, -0.2) is 4.98 Å². The lowest BCUT2D eigenvalue weighted by Crippen LogP contribution is -2.36. The maximum absolute atomic E-state index is 12.9. The number of carbonyl (C=O) groups is 1. The van der Waals surface area contributed by atoms with Gasteiger partial charge >= 0.3 is 0 Å². The molecule has 0 fully saturated rings. The molecule has 0 unspecified atom stereocenters. The second-order valence-corrected chi connectivity index (χ2v) is 6.90. The number of hydrogen-bond acceptors (Lipinski definition) is 5. The summed E-state index contributed by atoms with van der Waals surface area (Å²) in [6.07, 6.45) is 2.11. The first-order chi connectivity index (χ1) is 15.0. The zero-order valence-electron chi connectivity index (χ0n) is 18.7. The van der Waals surface area contributed by atoms with Gasteiger partial charge in [0.25, 0.3) is 11.8 Å². The largest absolute Gasteiger partial charge is 0.490 e. The number of nitrogens with one attached hydrogen (secondary N) is 1. The highest BCUT2D eigenvalue weighted by Crippen LogP contribution is 2.35. The Labute approximate surface area is 192 Å². The van der Waals surface area contributed by atoms with Crippen LogP contribution in [0.3, 0.4) is 0 Å². The molecule has 4 rings (SSSR count). The minimum atomic E-state index is -0.268. The predicted octanol–water partition coefficient (Wildman–Crippen LogP) is 5.53. The number of carbonyl (C=O) groups excluding carboxylic acids is 1. The van der Waals surface area contributed by atoms with Crippen molar-refractivity contribution in [2.45, 2.75) is 40.7 Å². The zero-order valence-corrected chi connectivity index (χ0v) is 20.2. The Morgan fingerprint density at radius 1 is 1.13 bits per heavy atom. The quantitative estimate of drug-likeness (QED) is 0.548. The molecule has 1 amide bonds. The normalized spacial score (nSPS) is 12.2. The van der Waals surface area contributed by atoms with Gasteiger partial charge in [-0.15, -0.1) is 0 Å². The molecule has 9 heteroatoms. The smallest absolute Gasteiger partial charge is 0.292 e. The Morgan fingerprint density at radius 2 is 1.84 bits per heavy atom. The van der Waals surface area contributed by atoms with E-state index in [0.29, 0.717) is 35.3 Å². The zero-order chi connectivity index (χ0) is 23.1. The van der Waals surface area contributed by atoms with Crippen LogP contribution in [0.4, 0.5) is 0 Å². The molecule has 1 aromatic carbocycles. The van der Waals surface area contributed by atoms with Crippen molar-refractivity contribution in [3.63, 3.8) is 0 Å². The summed E-state index contributed by atoms with van der Waals surface area (Å²) in [5, 5.41) is 1.95. The third-order valence-corrected chi connectivity index (χ3v) is 5.46. The second kappa shape index (κ2) is 11.2. The van der Waals surface area contributed by atoms with Crippen molar-refractivity contribution in [2.75, 3.05) is 20.8 Å². The van der Waals surface area contributed by atoms with Crippen LogP contribution >= 0.6 is 23.2 Å². The van der Waals surface area contributed by atoms with Crippen LogP contribution in [0.1, 0.15) is 49.6 Å². The lowest BCUT2D eigenvalue weighted by atomic mass is 10.0. The summed E-state index contributed by atoms with van der Waals surface area (Å²) in [6, 6.07) is 3.68. The SMILES string of the molecule is CC.CC.COc1cnc(C(=O)N2CCc3[nH]c4c(Cl)c(Cl)ccc4c3C2)nc1OC. The molecule has 1 aliphatic rings. The van der Waals surface area contributed by atoms with Gasteiger partial charge in [-0.3, -0.25) is 4.79 Å². The Hall–Kier alpha value is -2.51. The molecular weight excluding hydrogens is 439 g/mol. The average Bonchev–Trinajstić information content (AvgIpc) is 3.21. The predicted molar refractivity (Wildman–Crippen MR) is 125 cm³/mol. The Kier molecular flexibility index (Phi) is 8.95. The maximum atomic E-state index is 12.9. The van der Waals surface area contributed by atoms with Gasteiger partial charge in [0.1, 0.15) is 0 Å². The molecule has 31 heavy (non-hydrogen) atoms. The van der Waals surface area contributed by atoms with Gasteiger partial charge in [0.2, 0.25) is 5.82 Å². The Balaban J connectivity index is 0.000000807. The van der Waals surface area contributed by atoms with Crippen LogP contribution in [-0.2, 0) is 13.0 Å². The molecule has 0 saturated heterocycles. The molecule has 0 aliphatic carbocycles. The van der Waals surface area contributed by atoms with E-state index < -0.39 is 0 Å². The molecule has 1 aliphatic heterocycles. The molecule has 3 aromatic rings. The standard InChI is InChI=1S/C18H16Cl2N4O3.2C2H6/c1-26-13-7-21-16(23-17(13)27-2)18(25)24-6-5-12-10(8-24)9-3-4-11(19)14(20)15(9)22-12;2*1-2/h3-4,7,22H,5-6,8H2,1-2H3;2*1-2H3. The molecule has 3 heterocycles. The first-order valence-corrected chi connectivity index (χ1v) is 11.0. The Morgan fingerprint density at radius 3 is 2.48 bits per heavy atom. The van der Waals surface area contributed by atoms with Crippen LogP contribution in [0.2, 0.25) is 10.0 Å². The van der Waals surface area contributed by atoms with Crippen molar-refractivity contribution in [2.24, 2.45) is 0 Å². The lowest BCUT2D eigenvalue weighted by Gasteiger charge is -2.26. The number of halogens is 2. The van der Waals surface area contributed by atoms with Crippen LogP contribution in [0, 0.1) is 0 Å². The molecule has 7 nitrogen and oxygen atoms in total. The molecule has 1 N–H and O–H groups in total. The van der Waals surface area contributed by atoms with E-state index in [1.807, 2.05) is 33.8 Å². The van der Waals surface area contributed by atoms with Gasteiger partial charge in [-0.2, -0.15) is 4.98 Å². The van der Waals surface area contributed by atoms with E-state index in [-0.39, 0.29) is 17.6 Å². The van der Waals surface area contributed by atoms with E-state index in [0.717, 1.165) is 22.2 Å². The van der Waals surface area contributed by atoms with Crippen LogP contribution in [0.25, 0.3) is 10.9 Å². The minimum Gasteiger partial charge on any atom is -0.490 e. The van der Waals surface area contributed by atoms with Crippen molar-refractivity contribution in [3.8, 4) is 11.6 Å². The molecule has 0 radical (unpaired) electrons. The molecule has 168 valence electrons. The maximum Gasteiger partial charge on any atom is 0.292 e. The summed E-state index contributed by atoms with van der Waals surface area (Å²) in [5.74, 6) is 0.397. The highest BCUT2D eigenvalue weighted by atomic mass is 35.5. The number of hydrogen-bond donors (Lipinski definition) is 1. The van der Waals surface area contributed by atoms with Crippen LogP contribution < -0.4 is 9.47 Å². The van der Waals surface area contributed by atoms with Crippen molar-refractivity contribution < 1.29 is 14.3 Å². The first kappa shape index (κ1) is 24.8. The van der Waals surface area contributed by atoms with Gasteiger partial charge < -0.3 is 19.4 Å². The van der Waals surface area contributed by atoms with Crippen LogP contribution in [-0.4, -0.2) is 46.5 Å². The van der Waals surface area contributed by atoms with Gasteiger partial charge in [0.05, 0.1) is 36.0 Å². The second-order valence-electron chi connectivity index (χ2n) is 6.11. The van der Waals surface area contributed by atoms with Gasteiger partial charge in [0, 0.05) is 36.2 Å². The number of ether oxygens (including phenoxy) is 2. The third kappa shape index (κ3) is 4.88. The lowest BCUT2D eigenvalue weighted by molar-refractivity contribution is 0.0721. The highest BCUT2D eigenvalue weighted by Gasteiger charge is 2.27. The summed E-state index contributed by atoms with van der Waals surface area (Å²) < 4.78 is 10.3. The number of benzene rings is 1. The molecular formula is C22H28Cl2N4O3. The molecule has 0 bridgehead atoms. The van der Waals surface area contributed by atoms with E-state index in [1.165, 1.54) is 20.4 Å². The summed E-state index contributed by atoms with van der Waals surface area (Å²) in [7, 11) is 2.95. The van der Waals surface area contributed by atoms with E-state index in [2.05, 4.69) is 15.0 Å². The highest BCUT2D eigenvalue weighted by molar-refractivity contribution is 6.45. The number of amides is 1. The number of methoxy groups -OCH3 is 2. The third-order valence-electron chi connectivity index (χ3n) is 4.65. The van der Waals surface area contributed by atoms with Crippen molar-refractivity contribution in [1.82, 2.24) is 19.9 Å². The summed E-state index contributed by atoms with van der Waals surface area (Å²) in [4.78, 5) is 26.2. The van der Waals surface area contributed by atoms with Crippen LogP contribution in [0.15, 0.2) is 18.3 Å². The minimum absolute atomic E-state index is 0.0667. The van der Waals surface area contributed by atoms with Crippen molar-refractivity contribution in [3.05, 3.63) is 45.5 Å². The van der Waals surface area contributed by atoms with Crippen molar-refractivity contribution >= 4 is 40.0 Å². The van der Waals surface area contributed by atoms with E-state index in [4.69, 9.17) is 32.7 Å².